The number of phenols is 2. The van der Waals surface area contributed by atoms with Crippen molar-refractivity contribution in [3.05, 3.63) is 51.0 Å². The third kappa shape index (κ3) is 4.96. The standard InChI is InChI=1S/C18H19BrN2O4/c1-10-6-14(22)7-16(23)15(10)8-20-21-17(24)9-25-18-11(2)4-13(19)5-12(18)3/h4-8,22-23H,9H2,1-3H3,(H,21,24)/b20-8-. The molecule has 0 fully saturated rings. The van der Waals surface area contributed by atoms with Crippen LogP contribution in [0.2, 0.25) is 0 Å². The lowest BCUT2D eigenvalue weighted by Crippen LogP contribution is -2.25. The summed E-state index contributed by atoms with van der Waals surface area (Å²) in [5, 5.41) is 23.0. The second-order valence-electron chi connectivity index (χ2n) is 5.65. The molecule has 0 bridgehead atoms. The van der Waals surface area contributed by atoms with Gasteiger partial charge in [-0.25, -0.2) is 5.43 Å². The molecule has 0 aliphatic heterocycles. The van der Waals surface area contributed by atoms with Crippen LogP contribution in [0.1, 0.15) is 22.3 Å². The highest BCUT2D eigenvalue weighted by Crippen LogP contribution is 2.27. The summed E-state index contributed by atoms with van der Waals surface area (Å²) in [6, 6.07) is 6.52. The highest BCUT2D eigenvalue weighted by atomic mass is 79.9. The molecule has 0 unspecified atom stereocenters. The fraction of sp³-hybridized carbons (Fsp3) is 0.222. The summed E-state index contributed by atoms with van der Waals surface area (Å²) in [7, 11) is 0. The zero-order valence-corrected chi connectivity index (χ0v) is 15.7. The molecule has 6 nitrogen and oxygen atoms in total. The lowest BCUT2D eigenvalue weighted by Gasteiger charge is -2.11. The maximum atomic E-state index is 11.9. The lowest BCUT2D eigenvalue weighted by molar-refractivity contribution is -0.123. The number of carbonyl (C=O) groups excluding carboxylic acids is 1. The fourth-order valence-corrected chi connectivity index (χ4v) is 3.08. The number of halogens is 1. The fourth-order valence-electron chi connectivity index (χ4n) is 2.39. The van der Waals surface area contributed by atoms with Crippen LogP contribution in [0, 0.1) is 20.8 Å². The maximum Gasteiger partial charge on any atom is 0.277 e. The van der Waals surface area contributed by atoms with E-state index in [0.29, 0.717) is 16.9 Å². The molecule has 0 aliphatic rings. The molecule has 0 saturated heterocycles. The number of phenolic OH excluding ortho intramolecular Hbond substituents is 2. The van der Waals surface area contributed by atoms with E-state index in [4.69, 9.17) is 4.74 Å². The largest absolute Gasteiger partial charge is 0.508 e. The Balaban J connectivity index is 1.96. The number of hydrogen-bond acceptors (Lipinski definition) is 5. The summed E-state index contributed by atoms with van der Waals surface area (Å²) in [5.74, 6) is 0.0842. The molecule has 0 radical (unpaired) electrons. The van der Waals surface area contributed by atoms with Crippen LogP contribution in [0.25, 0.3) is 0 Å². The van der Waals surface area contributed by atoms with Gasteiger partial charge in [0, 0.05) is 16.1 Å². The highest BCUT2D eigenvalue weighted by molar-refractivity contribution is 9.10. The minimum atomic E-state index is -0.422. The topological polar surface area (TPSA) is 91.1 Å². The van der Waals surface area contributed by atoms with Crippen LogP contribution >= 0.6 is 15.9 Å². The SMILES string of the molecule is Cc1cc(O)cc(O)c1/C=N\NC(=O)COc1c(C)cc(Br)cc1C. The van der Waals surface area contributed by atoms with Crippen molar-refractivity contribution >= 4 is 28.1 Å². The third-order valence-corrected chi connectivity index (χ3v) is 3.96. The molecule has 25 heavy (non-hydrogen) atoms. The van der Waals surface area contributed by atoms with Crippen molar-refractivity contribution in [2.45, 2.75) is 20.8 Å². The number of aromatic hydroxyl groups is 2. The zero-order chi connectivity index (χ0) is 18.6. The summed E-state index contributed by atoms with van der Waals surface area (Å²) < 4.78 is 6.51. The first kappa shape index (κ1) is 18.8. The summed E-state index contributed by atoms with van der Waals surface area (Å²) >= 11 is 3.41. The lowest BCUT2D eigenvalue weighted by atomic mass is 10.1. The number of nitrogens with zero attached hydrogens (tertiary/aromatic N) is 1. The van der Waals surface area contributed by atoms with Crippen LogP contribution in [-0.2, 0) is 4.79 Å². The van der Waals surface area contributed by atoms with Gasteiger partial charge in [-0.15, -0.1) is 0 Å². The zero-order valence-electron chi connectivity index (χ0n) is 14.1. The normalized spacial score (nSPS) is 10.9. The number of hydrazone groups is 1. The number of amides is 1. The van der Waals surface area contributed by atoms with Crippen molar-refractivity contribution in [3.63, 3.8) is 0 Å². The number of benzene rings is 2. The van der Waals surface area contributed by atoms with Crippen molar-refractivity contribution in [1.82, 2.24) is 5.43 Å². The van der Waals surface area contributed by atoms with Gasteiger partial charge >= 0.3 is 0 Å². The van der Waals surface area contributed by atoms with Gasteiger partial charge in [-0.2, -0.15) is 5.10 Å². The predicted molar refractivity (Wildman–Crippen MR) is 99.4 cm³/mol. The van der Waals surface area contributed by atoms with Gasteiger partial charge in [-0.05, 0) is 55.7 Å². The number of ether oxygens (including phenoxy) is 1. The monoisotopic (exact) mass is 406 g/mol. The second kappa shape index (κ2) is 8.02. The van der Waals surface area contributed by atoms with E-state index >= 15 is 0 Å². The Morgan fingerprint density at radius 2 is 1.80 bits per heavy atom. The molecule has 0 spiro atoms. The third-order valence-electron chi connectivity index (χ3n) is 3.51. The smallest absolute Gasteiger partial charge is 0.277 e. The van der Waals surface area contributed by atoms with Crippen LogP contribution < -0.4 is 10.2 Å². The van der Waals surface area contributed by atoms with Gasteiger partial charge in [0.1, 0.15) is 17.2 Å². The number of rotatable bonds is 5. The summed E-state index contributed by atoms with van der Waals surface area (Å²) in [4.78, 5) is 11.9. The molecule has 2 rings (SSSR count). The van der Waals surface area contributed by atoms with Crippen molar-refractivity contribution in [3.8, 4) is 17.2 Å². The van der Waals surface area contributed by atoms with Crippen molar-refractivity contribution < 1.29 is 19.7 Å². The Kier molecular flexibility index (Phi) is 6.03. The molecule has 3 N–H and O–H groups in total. The number of nitrogens with one attached hydrogen (secondary N) is 1. The van der Waals surface area contributed by atoms with Gasteiger partial charge in [0.25, 0.3) is 5.91 Å². The Morgan fingerprint density at radius 1 is 1.16 bits per heavy atom. The van der Waals surface area contributed by atoms with E-state index in [0.717, 1.165) is 15.6 Å². The van der Waals surface area contributed by atoms with E-state index < -0.39 is 5.91 Å². The van der Waals surface area contributed by atoms with Gasteiger partial charge in [-0.3, -0.25) is 4.79 Å². The number of aryl methyl sites for hydroxylation is 3. The van der Waals surface area contributed by atoms with Crippen molar-refractivity contribution in [1.29, 1.82) is 0 Å². The average molecular weight is 407 g/mol. The molecule has 2 aromatic carbocycles. The second-order valence-corrected chi connectivity index (χ2v) is 6.56. The molecule has 0 saturated carbocycles. The van der Waals surface area contributed by atoms with Gasteiger partial charge in [-0.1, -0.05) is 15.9 Å². The molecule has 2 aromatic rings. The Morgan fingerprint density at radius 3 is 2.40 bits per heavy atom. The van der Waals surface area contributed by atoms with E-state index in [2.05, 4.69) is 26.5 Å². The molecule has 0 aliphatic carbocycles. The quantitative estimate of drug-likeness (QED) is 0.524. The first-order valence-corrected chi connectivity index (χ1v) is 8.31. The molecule has 7 heteroatoms. The molecule has 0 aromatic heterocycles. The first-order valence-electron chi connectivity index (χ1n) is 7.52. The van der Waals surface area contributed by atoms with Crippen molar-refractivity contribution in [2.75, 3.05) is 6.61 Å². The molecular weight excluding hydrogens is 388 g/mol. The average Bonchev–Trinajstić information content (AvgIpc) is 2.48. The van der Waals surface area contributed by atoms with E-state index in [1.807, 2.05) is 26.0 Å². The van der Waals surface area contributed by atoms with Gasteiger partial charge in [0.05, 0.1) is 6.21 Å². The summed E-state index contributed by atoms with van der Waals surface area (Å²) in [6.45, 7) is 5.34. The van der Waals surface area contributed by atoms with Gasteiger partial charge < -0.3 is 14.9 Å². The van der Waals surface area contributed by atoms with E-state index in [1.54, 1.807) is 6.92 Å². The molecule has 132 valence electrons. The van der Waals surface area contributed by atoms with Crippen LogP contribution in [0.3, 0.4) is 0 Å². The predicted octanol–water partition coefficient (Wildman–Crippen LogP) is 3.31. The molecule has 0 heterocycles. The minimum absolute atomic E-state index is 0.0372. The van der Waals surface area contributed by atoms with Crippen LogP contribution in [0.4, 0.5) is 0 Å². The van der Waals surface area contributed by atoms with E-state index in [9.17, 15) is 15.0 Å². The van der Waals surface area contributed by atoms with Crippen LogP contribution in [-0.4, -0.2) is 28.9 Å². The van der Waals surface area contributed by atoms with Crippen molar-refractivity contribution in [2.24, 2.45) is 5.10 Å². The van der Waals surface area contributed by atoms with Gasteiger partial charge in [0.15, 0.2) is 6.61 Å². The Bertz CT molecular complexity index is 788. The van der Waals surface area contributed by atoms with Crippen LogP contribution in [0.15, 0.2) is 33.8 Å². The van der Waals surface area contributed by atoms with E-state index in [-0.39, 0.29) is 18.1 Å². The maximum absolute atomic E-state index is 11.9. The molecule has 1 amide bonds. The number of hydrogen-bond donors (Lipinski definition) is 3. The van der Waals surface area contributed by atoms with Gasteiger partial charge in [0.2, 0.25) is 0 Å². The Hall–Kier alpha value is -2.54. The minimum Gasteiger partial charge on any atom is -0.508 e. The highest BCUT2D eigenvalue weighted by Gasteiger charge is 2.09. The Labute approximate surface area is 154 Å². The van der Waals surface area contributed by atoms with Crippen LogP contribution in [0.5, 0.6) is 17.2 Å². The molecular formula is C18H19BrN2O4. The molecule has 0 atom stereocenters. The number of carbonyl (C=O) groups is 1. The first-order chi connectivity index (χ1) is 11.8. The summed E-state index contributed by atoms with van der Waals surface area (Å²) in [6.07, 6.45) is 1.32. The summed E-state index contributed by atoms with van der Waals surface area (Å²) in [5.41, 5.74) is 5.24. The van der Waals surface area contributed by atoms with E-state index in [1.165, 1.54) is 18.3 Å².